The lowest BCUT2D eigenvalue weighted by Gasteiger charge is -2.24. The Morgan fingerprint density at radius 3 is 2.14 bits per heavy atom. The van der Waals surface area contributed by atoms with Gasteiger partial charge in [-0.15, -0.1) is 0 Å². The third-order valence-corrected chi connectivity index (χ3v) is 6.92. The van der Waals surface area contributed by atoms with Crippen molar-refractivity contribution >= 4 is 22.0 Å². The Labute approximate surface area is 170 Å². The molecule has 0 saturated carbocycles. The number of ether oxygens (including phenoxy) is 2. The summed E-state index contributed by atoms with van der Waals surface area (Å²) < 4.78 is 37.6. The van der Waals surface area contributed by atoms with Gasteiger partial charge in [-0.3, -0.25) is 0 Å². The molecule has 1 heterocycles. The smallest absolute Gasteiger partial charge is 0.337 e. The Bertz CT molecular complexity index is 969. The van der Waals surface area contributed by atoms with Gasteiger partial charge in [-0.2, -0.15) is 4.31 Å². The topological polar surface area (TPSA) is 90.0 Å². The first-order chi connectivity index (χ1) is 13.9. The van der Waals surface area contributed by atoms with Gasteiger partial charge < -0.3 is 9.47 Å². The SMILES string of the molecule is COC(=O)c1cc(C(=O)OC)cc(S(=O)(=O)N2CCCC2Cc2ccccc2)c1. The molecule has 1 aliphatic rings. The zero-order valence-electron chi connectivity index (χ0n) is 16.3. The number of methoxy groups -OCH3 is 2. The highest BCUT2D eigenvalue weighted by Crippen LogP contribution is 2.29. The van der Waals surface area contributed by atoms with E-state index in [9.17, 15) is 18.0 Å². The minimum absolute atomic E-state index is 0.0206. The molecular weight excluding hydrogens is 394 g/mol. The van der Waals surface area contributed by atoms with Crippen LogP contribution in [0.2, 0.25) is 0 Å². The van der Waals surface area contributed by atoms with E-state index in [4.69, 9.17) is 9.47 Å². The molecule has 8 heteroatoms. The molecule has 0 aliphatic carbocycles. The minimum atomic E-state index is -3.92. The fourth-order valence-corrected chi connectivity index (χ4v) is 5.34. The van der Waals surface area contributed by atoms with Crippen LogP contribution in [0.15, 0.2) is 53.4 Å². The zero-order valence-corrected chi connectivity index (χ0v) is 17.1. The van der Waals surface area contributed by atoms with Gasteiger partial charge in [0.2, 0.25) is 10.0 Å². The summed E-state index contributed by atoms with van der Waals surface area (Å²) in [7, 11) is -1.53. The Balaban J connectivity index is 1.99. The Kier molecular flexibility index (Phi) is 6.34. The van der Waals surface area contributed by atoms with Gasteiger partial charge in [0.25, 0.3) is 0 Å². The van der Waals surface area contributed by atoms with Crippen LogP contribution in [-0.2, 0) is 25.9 Å². The second-order valence-electron chi connectivity index (χ2n) is 6.83. The van der Waals surface area contributed by atoms with E-state index in [1.807, 2.05) is 30.3 Å². The summed E-state index contributed by atoms with van der Waals surface area (Å²) in [5.74, 6) is -1.45. The van der Waals surface area contributed by atoms with E-state index in [2.05, 4.69) is 0 Å². The van der Waals surface area contributed by atoms with Crippen molar-refractivity contribution in [3.8, 4) is 0 Å². The molecule has 1 unspecified atom stereocenters. The van der Waals surface area contributed by atoms with Crippen LogP contribution < -0.4 is 0 Å². The van der Waals surface area contributed by atoms with Gasteiger partial charge in [0, 0.05) is 12.6 Å². The maximum atomic E-state index is 13.4. The highest BCUT2D eigenvalue weighted by molar-refractivity contribution is 7.89. The second kappa shape index (κ2) is 8.75. The molecule has 154 valence electrons. The number of hydrogen-bond donors (Lipinski definition) is 0. The Hall–Kier alpha value is -2.71. The summed E-state index contributed by atoms with van der Waals surface area (Å²) in [4.78, 5) is 23.9. The van der Waals surface area contributed by atoms with Gasteiger partial charge in [0.1, 0.15) is 0 Å². The van der Waals surface area contributed by atoms with Gasteiger partial charge in [-0.1, -0.05) is 30.3 Å². The molecule has 2 aromatic carbocycles. The quantitative estimate of drug-likeness (QED) is 0.672. The van der Waals surface area contributed by atoms with Crippen molar-refractivity contribution in [2.75, 3.05) is 20.8 Å². The van der Waals surface area contributed by atoms with Gasteiger partial charge >= 0.3 is 11.9 Å². The van der Waals surface area contributed by atoms with Crippen LogP contribution in [0.5, 0.6) is 0 Å². The predicted molar refractivity (Wildman–Crippen MR) is 106 cm³/mol. The molecule has 0 bridgehead atoms. The average molecular weight is 417 g/mol. The monoisotopic (exact) mass is 417 g/mol. The van der Waals surface area contributed by atoms with E-state index in [0.29, 0.717) is 13.0 Å². The molecule has 2 aromatic rings. The van der Waals surface area contributed by atoms with Gasteiger partial charge in [-0.25, -0.2) is 18.0 Å². The van der Waals surface area contributed by atoms with Crippen molar-refractivity contribution in [3.05, 3.63) is 65.2 Å². The molecule has 0 radical (unpaired) electrons. The molecule has 1 aliphatic heterocycles. The maximum absolute atomic E-state index is 13.4. The van der Waals surface area contributed by atoms with Crippen molar-refractivity contribution in [3.63, 3.8) is 0 Å². The first-order valence-corrected chi connectivity index (χ1v) is 10.7. The number of rotatable bonds is 6. The summed E-state index contributed by atoms with van der Waals surface area (Å²) in [6.45, 7) is 0.385. The summed E-state index contributed by atoms with van der Waals surface area (Å²) in [5.41, 5.74) is 1.01. The number of nitrogens with zero attached hydrogens (tertiary/aromatic N) is 1. The highest BCUT2D eigenvalue weighted by atomic mass is 32.2. The number of esters is 2. The molecule has 0 spiro atoms. The van der Waals surface area contributed by atoms with Crippen LogP contribution >= 0.6 is 0 Å². The van der Waals surface area contributed by atoms with Crippen LogP contribution in [0.4, 0.5) is 0 Å². The van der Waals surface area contributed by atoms with E-state index in [0.717, 1.165) is 18.4 Å². The van der Waals surface area contributed by atoms with E-state index in [1.54, 1.807) is 0 Å². The van der Waals surface area contributed by atoms with Crippen molar-refractivity contribution < 1.29 is 27.5 Å². The molecule has 0 amide bonds. The summed E-state index contributed by atoms with van der Waals surface area (Å²) in [6, 6.07) is 13.3. The lowest BCUT2D eigenvalue weighted by atomic mass is 10.1. The van der Waals surface area contributed by atoms with Crippen molar-refractivity contribution in [2.45, 2.75) is 30.2 Å². The van der Waals surface area contributed by atoms with E-state index >= 15 is 0 Å². The molecule has 1 atom stereocenters. The lowest BCUT2D eigenvalue weighted by molar-refractivity contribution is 0.0598. The Morgan fingerprint density at radius 2 is 1.59 bits per heavy atom. The van der Waals surface area contributed by atoms with E-state index in [-0.39, 0.29) is 22.1 Å². The fraction of sp³-hybridized carbons (Fsp3) is 0.333. The second-order valence-corrected chi connectivity index (χ2v) is 8.72. The number of benzene rings is 2. The largest absolute Gasteiger partial charge is 0.465 e. The molecule has 1 saturated heterocycles. The van der Waals surface area contributed by atoms with E-state index < -0.39 is 22.0 Å². The lowest BCUT2D eigenvalue weighted by Crippen LogP contribution is -2.37. The molecule has 3 rings (SSSR count). The molecule has 0 aromatic heterocycles. The van der Waals surface area contributed by atoms with Crippen LogP contribution in [0.1, 0.15) is 39.1 Å². The first-order valence-electron chi connectivity index (χ1n) is 9.24. The molecule has 29 heavy (non-hydrogen) atoms. The number of carbonyl (C=O) groups excluding carboxylic acids is 2. The standard InChI is InChI=1S/C21H23NO6S/c1-27-20(23)16-12-17(21(24)28-2)14-19(13-16)29(25,26)22-10-6-9-18(22)11-15-7-4-3-5-8-15/h3-5,7-8,12-14,18H,6,9-11H2,1-2H3. The Morgan fingerprint density at radius 1 is 1.00 bits per heavy atom. The fourth-order valence-electron chi connectivity index (χ4n) is 3.57. The van der Waals surface area contributed by atoms with Crippen LogP contribution in [0, 0.1) is 0 Å². The molecular formula is C21H23NO6S. The van der Waals surface area contributed by atoms with E-state index in [1.165, 1.54) is 36.7 Å². The average Bonchev–Trinajstić information content (AvgIpc) is 3.21. The van der Waals surface area contributed by atoms with Gasteiger partial charge in [0.05, 0.1) is 30.2 Å². The van der Waals surface area contributed by atoms with Crippen molar-refractivity contribution in [1.29, 1.82) is 0 Å². The van der Waals surface area contributed by atoms with Gasteiger partial charge in [0.15, 0.2) is 0 Å². The third kappa shape index (κ3) is 4.49. The summed E-state index contributed by atoms with van der Waals surface area (Å²) >= 11 is 0. The maximum Gasteiger partial charge on any atom is 0.337 e. The van der Waals surface area contributed by atoms with Crippen molar-refractivity contribution in [2.24, 2.45) is 0 Å². The zero-order chi connectivity index (χ0) is 21.0. The molecule has 0 N–H and O–H groups in total. The summed E-state index contributed by atoms with van der Waals surface area (Å²) in [6.07, 6.45) is 2.09. The third-order valence-electron chi connectivity index (χ3n) is 4.99. The summed E-state index contributed by atoms with van der Waals surface area (Å²) in [5, 5.41) is 0. The van der Waals surface area contributed by atoms with Crippen LogP contribution in [-0.4, -0.2) is 51.5 Å². The number of sulfonamides is 1. The molecule has 7 nitrogen and oxygen atoms in total. The minimum Gasteiger partial charge on any atom is -0.465 e. The van der Waals surface area contributed by atoms with Crippen LogP contribution in [0.3, 0.4) is 0 Å². The normalized spacial score (nSPS) is 17.1. The van der Waals surface area contributed by atoms with Crippen LogP contribution in [0.25, 0.3) is 0 Å². The van der Waals surface area contributed by atoms with Crippen molar-refractivity contribution in [1.82, 2.24) is 4.31 Å². The molecule has 1 fully saturated rings. The number of hydrogen-bond acceptors (Lipinski definition) is 6. The highest BCUT2D eigenvalue weighted by Gasteiger charge is 2.36. The van der Waals surface area contributed by atoms with Gasteiger partial charge in [-0.05, 0) is 43.0 Å². The first kappa shape index (κ1) is 21.0. The number of carbonyl (C=O) groups is 2. The predicted octanol–water partition coefficient (Wildman–Crippen LogP) is 2.66.